The summed E-state index contributed by atoms with van der Waals surface area (Å²) in [5.74, 6) is -0.105. The summed E-state index contributed by atoms with van der Waals surface area (Å²) < 4.78 is 25.5. The summed E-state index contributed by atoms with van der Waals surface area (Å²) in [6.07, 6.45) is 3.22. The van der Waals surface area contributed by atoms with Gasteiger partial charge in [0.15, 0.2) is 0 Å². The van der Waals surface area contributed by atoms with E-state index in [2.05, 4.69) is 10.3 Å². The van der Waals surface area contributed by atoms with Gasteiger partial charge >= 0.3 is 0 Å². The topological polar surface area (TPSA) is 82.3 Å². The Hall–Kier alpha value is -1.34. The first-order chi connectivity index (χ1) is 7.60. The Morgan fingerprint density at radius 3 is 2.81 bits per heavy atom. The molecule has 1 amide bonds. The standard InChI is InChI=1S/C9H13N3O3S/c13-9-2-5-12(6-4-11-9)16(14,15)8-1-3-10-7-8/h1,3,7,10H,2,4-6H2,(H,11,13). The summed E-state index contributed by atoms with van der Waals surface area (Å²) in [5.41, 5.74) is 0. The highest BCUT2D eigenvalue weighted by atomic mass is 32.2. The molecule has 1 aliphatic rings. The van der Waals surface area contributed by atoms with Gasteiger partial charge in [0, 0.05) is 38.4 Å². The molecule has 1 aliphatic heterocycles. The number of aromatic nitrogens is 1. The number of nitrogens with one attached hydrogen (secondary N) is 2. The van der Waals surface area contributed by atoms with Crippen LogP contribution in [-0.2, 0) is 14.8 Å². The number of carbonyl (C=O) groups excluding carboxylic acids is 1. The number of nitrogens with zero attached hydrogens (tertiary/aromatic N) is 1. The molecule has 88 valence electrons. The minimum absolute atomic E-state index is 0.105. The number of hydrogen-bond donors (Lipinski definition) is 2. The number of carbonyl (C=O) groups is 1. The number of amides is 1. The first-order valence-electron chi connectivity index (χ1n) is 5.00. The van der Waals surface area contributed by atoms with Gasteiger partial charge in [0.25, 0.3) is 0 Å². The van der Waals surface area contributed by atoms with Crippen molar-refractivity contribution < 1.29 is 13.2 Å². The highest BCUT2D eigenvalue weighted by Crippen LogP contribution is 2.15. The fraction of sp³-hybridized carbons (Fsp3) is 0.444. The zero-order valence-electron chi connectivity index (χ0n) is 8.64. The number of rotatable bonds is 2. The van der Waals surface area contributed by atoms with Crippen molar-refractivity contribution in [3.05, 3.63) is 18.5 Å². The SMILES string of the molecule is O=C1CCN(S(=O)(=O)c2cc[nH]c2)CCN1. The third-order valence-corrected chi connectivity index (χ3v) is 4.37. The Morgan fingerprint density at radius 1 is 1.31 bits per heavy atom. The molecule has 0 spiro atoms. The van der Waals surface area contributed by atoms with Crippen molar-refractivity contribution >= 4 is 15.9 Å². The molecule has 1 fully saturated rings. The number of H-pyrrole nitrogens is 1. The molecule has 0 unspecified atom stereocenters. The van der Waals surface area contributed by atoms with Crippen LogP contribution in [0.5, 0.6) is 0 Å². The van der Waals surface area contributed by atoms with Crippen LogP contribution in [-0.4, -0.2) is 43.2 Å². The average molecular weight is 243 g/mol. The Labute approximate surface area is 93.7 Å². The van der Waals surface area contributed by atoms with Gasteiger partial charge in [-0.05, 0) is 6.07 Å². The zero-order valence-corrected chi connectivity index (χ0v) is 9.46. The third kappa shape index (κ3) is 2.10. The summed E-state index contributed by atoms with van der Waals surface area (Å²) in [7, 11) is -3.46. The molecule has 0 bridgehead atoms. The molecule has 0 aromatic carbocycles. The summed E-state index contributed by atoms with van der Waals surface area (Å²) in [6, 6.07) is 1.51. The number of sulfonamides is 1. The fourth-order valence-electron chi connectivity index (χ4n) is 1.60. The molecule has 1 aromatic rings. The van der Waals surface area contributed by atoms with Crippen molar-refractivity contribution in [2.45, 2.75) is 11.3 Å². The van der Waals surface area contributed by atoms with Gasteiger partial charge in [0.2, 0.25) is 15.9 Å². The number of aromatic amines is 1. The molecule has 0 radical (unpaired) electrons. The summed E-state index contributed by atoms with van der Waals surface area (Å²) in [5, 5.41) is 2.64. The maximum Gasteiger partial charge on any atom is 0.244 e. The molecule has 1 aromatic heterocycles. The molecule has 2 rings (SSSR count). The second-order valence-electron chi connectivity index (χ2n) is 3.55. The zero-order chi connectivity index (χ0) is 11.6. The predicted octanol–water partition coefficient (Wildman–Crippen LogP) is -0.475. The van der Waals surface area contributed by atoms with Crippen molar-refractivity contribution in [3.63, 3.8) is 0 Å². The Morgan fingerprint density at radius 2 is 2.12 bits per heavy atom. The molecule has 0 atom stereocenters. The Kier molecular flexibility index (Phi) is 2.97. The quantitative estimate of drug-likeness (QED) is 0.736. The van der Waals surface area contributed by atoms with E-state index in [0.29, 0.717) is 13.1 Å². The van der Waals surface area contributed by atoms with E-state index in [4.69, 9.17) is 0 Å². The van der Waals surface area contributed by atoms with Crippen LogP contribution in [0.1, 0.15) is 6.42 Å². The largest absolute Gasteiger partial charge is 0.366 e. The van der Waals surface area contributed by atoms with Gasteiger partial charge in [-0.15, -0.1) is 0 Å². The van der Waals surface area contributed by atoms with Crippen molar-refractivity contribution in [3.8, 4) is 0 Å². The predicted molar refractivity (Wildman–Crippen MR) is 57.2 cm³/mol. The van der Waals surface area contributed by atoms with Crippen LogP contribution in [0.2, 0.25) is 0 Å². The molecule has 1 saturated heterocycles. The molecule has 2 heterocycles. The van der Waals surface area contributed by atoms with Crippen molar-refractivity contribution in [1.82, 2.24) is 14.6 Å². The molecule has 6 nitrogen and oxygen atoms in total. The van der Waals surface area contributed by atoms with Crippen LogP contribution < -0.4 is 5.32 Å². The van der Waals surface area contributed by atoms with Crippen molar-refractivity contribution in [2.24, 2.45) is 0 Å². The minimum Gasteiger partial charge on any atom is -0.366 e. The third-order valence-electron chi connectivity index (χ3n) is 2.48. The lowest BCUT2D eigenvalue weighted by Gasteiger charge is -2.17. The lowest BCUT2D eigenvalue weighted by molar-refractivity contribution is -0.120. The highest BCUT2D eigenvalue weighted by molar-refractivity contribution is 7.89. The van der Waals surface area contributed by atoms with Crippen LogP contribution in [0.25, 0.3) is 0 Å². The monoisotopic (exact) mass is 243 g/mol. The normalized spacial score (nSPS) is 19.1. The van der Waals surface area contributed by atoms with Crippen LogP contribution >= 0.6 is 0 Å². The van der Waals surface area contributed by atoms with Gasteiger partial charge in [0.1, 0.15) is 0 Å². The maximum absolute atomic E-state index is 12.1. The van der Waals surface area contributed by atoms with Crippen LogP contribution in [0.4, 0.5) is 0 Å². The first kappa shape index (κ1) is 11.2. The second-order valence-corrected chi connectivity index (χ2v) is 5.49. The van der Waals surface area contributed by atoms with Crippen molar-refractivity contribution in [2.75, 3.05) is 19.6 Å². The molecular weight excluding hydrogens is 230 g/mol. The molecule has 7 heteroatoms. The van der Waals surface area contributed by atoms with E-state index in [1.165, 1.54) is 16.6 Å². The lowest BCUT2D eigenvalue weighted by atomic mass is 10.4. The van der Waals surface area contributed by atoms with E-state index in [1.807, 2.05) is 0 Å². The summed E-state index contributed by atoms with van der Waals surface area (Å²) >= 11 is 0. The minimum atomic E-state index is -3.46. The van der Waals surface area contributed by atoms with Crippen LogP contribution in [0, 0.1) is 0 Å². The molecule has 2 N–H and O–H groups in total. The van der Waals surface area contributed by atoms with Gasteiger partial charge in [-0.2, -0.15) is 4.31 Å². The molecule has 0 saturated carbocycles. The van der Waals surface area contributed by atoms with Crippen molar-refractivity contribution in [1.29, 1.82) is 0 Å². The van der Waals surface area contributed by atoms with Gasteiger partial charge < -0.3 is 10.3 Å². The smallest absolute Gasteiger partial charge is 0.244 e. The molecular formula is C9H13N3O3S. The summed E-state index contributed by atoms with van der Waals surface area (Å²) in [6.45, 7) is 0.918. The maximum atomic E-state index is 12.1. The average Bonchev–Trinajstić information content (AvgIpc) is 2.68. The van der Waals surface area contributed by atoms with E-state index >= 15 is 0 Å². The summed E-state index contributed by atoms with van der Waals surface area (Å²) in [4.78, 5) is 14.1. The van der Waals surface area contributed by atoms with E-state index in [1.54, 1.807) is 6.20 Å². The highest BCUT2D eigenvalue weighted by Gasteiger charge is 2.26. The van der Waals surface area contributed by atoms with Gasteiger partial charge in [-0.1, -0.05) is 0 Å². The molecule has 0 aliphatic carbocycles. The van der Waals surface area contributed by atoms with E-state index in [0.717, 1.165) is 0 Å². The van der Waals surface area contributed by atoms with Crippen LogP contribution in [0.15, 0.2) is 23.4 Å². The molecule has 16 heavy (non-hydrogen) atoms. The van der Waals surface area contributed by atoms with E-state index < -0.39 is 10.0 Å². The number of hydrogen-bond acceptors (Lipinski definition) is 3. The van der Waals surface area contributed by atoms with E-state index in [9.17, 15) is 13.2 Å². The Bertz CT molecular complexity index is 466. The van der Waals surface area contributed by atoms with Gasteiger partial charge in [-0.3, -0.25) is 4.79 Å². The lowest BCUT2D eigenvalue weighted by Crippen LogP contribution is -2.34. The van der Waals surface area contributed by atoms with Gasteiger partial charge in [0.05, 0.1) is 4.90 Å². The van der Waals surface area contributed by atoms with Crippen LogP contribution in [0.3, 0.4) is 0 Å². The van der Waals surface area contributed by atoms with E-state index in [-0.39, 0.29) is 23.8 Å². The Balaban J connectivity index is 2.21. The fourth-order valence-corrected chi connectivity index (χ4v) is 3.02. The van der Waals surface area contributed by atoms with Gasteiger partial charge in [-0.25, -0.2) is 8.42 Å². The first-order valence-corrected chi connectivity index (χ1v) is 6.44. The second kappa shape index (κ2) is 4.26.